The van der Waals surface area contributed by atoms with Crippen LogP contribution in [0.15, 0.2) is 24.3 Å². The smallest absolute Gasteiger partial charge is 0.118 e. The van der Waals surface area contributed by atoms with E-state index in [4.69, 9.17) is 10.5 Å². The van der Waals surface area contributed by atoms with Gasteiger partial charge in [-0.05, 0) is 48.8 Å². The number of benzene rings is 1. The molecular weight excluding hydrogens is 210 g/mol. The van der Waals surface area contributed by atoms with Crippen molar-refractivity contribution in [1.82, 2.24) is 0 Å². The topological polar surface area (TPSA) is 35.2 Å². The van der Waals surface area contributed by atoms with E-state index in [2.05, 4.69) is 24.3 Å². The van der Waals surface area contributed by atoms with Gasteiger partial charge in [0.05, 0.1) is 7.11 Å². The molecule has 3 rings (SSSR count). The predicted molar refractivity (Wildman–Crippen MR) is 69.2 cm³/mol. The zero-order valence-corrected chi connectivity index (χ0v) is 10.5. The summed E-state index contributed by atoms with van der Waals surface area (Å²) in [5.74, 6) is 0.929. The predicted octanol–water partition coefficient (Wildman–Crippen LogP) is 2.86. The van der Waals surface area contributed by atoms with Crippen molar-refractivity contribution in [2.45, 2.75) is 37.5 Å². The minimum atomic E-state index is 0.257. The van der Waals surface area contributed by atoms with E-state index in [9.17, 15) is 0 Å². The molecular formula is C15H21NO. The van der Waals surface area contributed by atoms with Crippen LogP contribution in [-0.2, 0) is 5.41 Å². The van der Waals surface area contributed by atoms with Crippen LogP contribution in [0, 0.1) is 5.41 Å². The molecule has 92 valence electrons. The van der Waals surface area contributed by atoms with Crippen molar-refractivity contribution >= 4 is 0 Å². The summed E-state index contributed by atoms with van der Waals surface area (Å²) in [4.78, 5) is 0. The lowest BCUT2D eigenvalue weighted by molar-refractivity contribution is -0.0446. The normalized spacial score (nSPS) is 23.9. The molecule has 2 heteroatoms. The van der Waals surface area contributed by atoms with Crippen LogP contribution in [-0.4, -0.2) is 13.7 Å². The molecule has 2 aliphatic rings. The second kappa shape index (κ2) is 3.74. The van der Waals surface area contributed by atoms with Gasteiger partial charge in [-0.1, -0.05) is 18.6 Å². The van der Waals surface area contributed by atoms with E-state index in [0.717, 1.165) is 12.3 Å². The molecule has 0 saturated heterocycles. The fraction of sp³-hybridized carbons (Fsp3) is 0.600. The van der Waals surface area contributed by atoms with E-state index in [1.807, 2.05) is 0 Å². The second-order valence-electron chi connectivity index (χ2n) is 5.92. The van der Waals surface area contributed by atoms with Crippen LogP contribution >= 0.6 is 0 Å². The number of rotatable bonds is 3. The largest absolute Gasteiger partial charge is 0.497 e. The third-order valence-corrected chi connectivity index (χ3v) is 4.93. The first-order chi connectivity index (χ1) is 8.22. The quantitative estimate of drug-likeness (QED) is 0.868. The van der Waals surface area contributed by atoms with Crippen molar-refractivity contribution in [3.8, 4) is 5.75 Å². The van der Waals surface area contributed by atoms with E-state index in [1.54, 1.807) is 7.11 Å². The van der Waals surface area contributed by atoms with Gasteiger partial charge in [0.25, 0.3) is 0 Å². The van der Waals surface area contributed by atoms with E-state index >= 15 is 0 Å². The van der Waals surface area contributed by atoms with Gasteiger partial charge in [0.15, 0.2) is 0 Å². The monoisotopic (exact) mass is 231 g/mol. The Kier molecular flexibility index (Phi) is 2.44. The molecule has 2 fully saturated rings. The van der Waals surface area contributed by atoms with Crippen LogP contribution < -0.4 is 10.5 Å². The molecule has 2 nitrogen and oxygen atoms in total. The Balaban J connectivity index is 1.81. The van der Waals surface area contributed by atoms with Crippen LogP contribution in [0.2, 0.25) is 0 Å². The molecule has 2 N–H and O–H groups in total. The molecule has 0 amide bonds. The van der Waals surface area contributed by atoms with Crippen molar-refractivity contribution in [2.24, 2.45) is 11.1 Å². The summed E-state index contributed by atoms with van der Waals surface area (Å²) in [6.45, 7) is 0.779. The third kappa shape index (κ3) is 1.58. The van der Waals surface area contributed by atoms with Gasteiger partial charge < -0.3 is 10.5 Å². The zero-order chi connectivity index (χ0) is 11.9. The highest BCUT2D eigenvalue weighted by Gasteiger charge is 2.56. The molecule has 0 radical (unpaired) electrons. The molecule has 1 spiro atoms. The molecule has 1 aromatic carbocycles. The summed E-state index contributed by atoms with van der Waals surface area (Å²) in [6.07, 6.45) is 6.85. The zero-order valence-electron chi connectivity index (χ0n) is 10.5. The van der Waals surface area contributed by atoms with E-state index in [0.29, 0.717) is 5.41 Å². The molecule has 0 unspecified atom stereocenters. The van der Waals surface area contributed by atoms with E-state index in [-0.39, 0.29) is 5.41 Å². The minimum Gasteiger partial charge on any atom is -0.497 e. The highest BCUT2D eigenvalue weighted by atomic mass is 16.5. The highest BCUT2D eigenvalue weighted by Crippen LogP contribution is 2.64. The van der Waals surface area contributed by atoms with Crippen molar-refractivity contribution in [3.05, 3.63) is 29.8 Å². The number of methoxy groups -OCH3 is 1. The first-order valence-corrected chi connectivity index (χ1v) is 6.57. The van der Waals surface area contributed by atoms with Gasteiger partial charge in [-0.3, -0.25) is 0 Å². The highest BCUT2D eigenvalue weighted by molar-refractivity contribution is 5.36. The van der Waals surface area contributed by atoms with Crippen molar-refractivity contribution < 1.29 is 4.74 Å². The molecule has 0 atom stereocenters. The maximum absolute atomic E-state index is 6.04. The Bertz CT molecular complexity index is 397. The lowest BCUT2D eigenvalue weighted by atomic mass is 9.44. The molecule has 0 heterocycles. The summed E-state index contributed by atoms with van der Waals surface area (Å²) in [5.41, 5.74) is 8.36. The number of nitrogens with two attached hydrogens (primary N) is 1. The maximum atomic E-state index is 6.04. The Labute approximate surface area is 103 Å². The fourth-order valence-electron chi connectivity index (χ4n) is 3.83. The maximum Gasteiger partial charge on any atom is 0.118 e. The number of hydrogen-bond donors (Lipinski definition) is 1. The standard InChI is InChI=1S/C15H21NO/c1-17-13-5-3-12(4-6-13)15(11-16)9-14(10-15)7-2-8-14/h3-6H,2,7-11,16H2,1H3. The Morgan fingerprint density at radius 1 is 1.18 bits per heavy atom. The van der Waals surface area contributed by atoms with Crippen LogP contribution in [0.5, 0.6) is 5.75 Å². The Morgan fingerprint density at radius 3 is 2.24 bits per heavy atom. The number of ether oxygens (including phenoxy) is 1. The van der Waals surface area contributed by atoms with E-state index in [1.165, 1.54) is 37.7 Å². The average molecular weight is 231 g/mol. The van der Waals surface area contributed by atoms with Crippen molar-refractivity contribution in [2.75, 3.05) is 13.7 Å². The second-order valence-corrected chi connectivity index (χ2v) is 5.92. The van der Waals surface area contributed by atoms with E-state index < -0.39 is 0 Å². The van der Waals surface area contributed by atoms with Gasteiger partial charge in [-0.2, -0.15) is 0 Å². The minimum absolute atomic E-state index is 0.257. The van der Waals surface area contributed by atoms with Crippen LogP contribution in [0.3, 0.4) is 0 Å². The third-order valence-electron chi connectivity index (χ3n) is 4.93. The van der Waals surface area contributed by atoms with Crippen molar-refractivity contribution in [3.63, 3.8) is 0 Å². The van der Waals surface area contributed by atoms with Gasteiger partial charge in [0.1, 0.15) is 5.75 Å². The van der Waals surface area contributed by atoms with Crippen LogP contribution in [0.4, 0.5) is 0 Å². The molecule has 2 aliphatic carbocycles. The van der Waals surface area contributed by atoms with Crippen molar-refractivity contribution in [1.29, 1.82) is 0 Å². The first-order valence-electron chi connectivity index (χ1n) is 6.57. The molecule has 0 bridgehead atoms. The summed E-state index contributed by atoms with van der Waals surface area (Å²) < 4.78 is 5.21. The summed E-state index contributed by atoms with van der Waals surface area (Å²) in [5, 5.41) is 0. The van der Waals surface area contributed by atoms with Crippen LogP contribution in [0.1, 0.15) is 37.7 Å². The summed E-state index contributed by atoms with van der Waals surface area (Å²) in [7, 11) is 1.71. The summed E-state index contributed by atoms with van der Waals surface area (Å²) in [6, 6.07) is 8.49. The molecule has 0 aliphatic heterocycles. The van der Waals surface area contributed by atoms with Gasteiger partial charge in [0.2, 0.25) is 0 Å². The van der Waals surface area contributed by atoms with Gasteiger partial charge in [0, 0.05) is 12.0 Å². The van der Waals surface area contributed by atoms with Crippen LogP contribution in [0.25, 0.3) is 0 Å². The molecule has 2 saturated carbocycles. The molecule has 0 aromatic heterocycles. The lowest BCUT2D eigenvalue weighted by Gasteiger charge is -2.61. The first kappa shape index (κ1) is 11.1. The number of hydrogen-bond acceptors (Lipinski definition) is 2. The molecule has 1 aromatic rings. The van der Waals surface area contributed by atoms with Gasteiger partial charge in [-0.25, -0.2) is 0 Å². The SMILES string of the molecule is COc1ccc(C2(CN)CC3(CCC3)C2)cc1. The lowest BCUT2D eigenvalue weighted by Crippen LogP contribution is -2.56. The van der Waals surface area contributed by atoms with Gasteiger partial charge >= 0.3 is 0 Å². The van der Waals surface area contributed by atoms with Gasteiger partial charge in [-0.15, -0.1) is 0 Å². The summed E-state index contributed by atoms with van der Waals surface area (Å²) >= 11 is 0. The molecule has 17 heavy (non-hydrogen) atoms. The Morgan fingerprint density at radius 2 is 1.82 bits per heavy atom. The average Bonchev–Trinajstić information content (AvgIpc) is 2.27. The Hall–Kier alpha value is -1.02. The fourth-order valence-corrected chi connectivity index (χ4v) is 3.83.